The van der Waals surface area contributed by atoms with Crippen molar-refractivity contribution in [2.45, 2.75) is 0 Å². The van der Waals surface area contributed by atoms with E-state index < -0.39 is 0 Å². The van der Waals surface area contributed by atoms with Crippen LogP contribution in [0.5, 0.6) is 0 Å². The van der Waals surface area contributed by atoms with Gasteiger partial charge in [-0.25, -0.2) is 0 Å². The minimum Gasteiger partial charge on any atom is -0.339 e. The molecule has 0 unspecified atom stereocenters. The maximum absolute atomic E-state index is 6.37. The van der Waals surface area contributed by atoms with Gasteiger partial charge in [0.2, 0.25) is 0 Å². The van der Waals surface area contributed by atoms with Crippen LogP contribution in [-0.2, 0) is 0 Å². The van der Waals surface area contributed by atoms with Crippen LogP contribution < -0.4 is 5.84 Å². The van der Waals surface area contributed by atoms with E-state index in [4.69, 9.17) is 5.84 Å². The molecule has 2 N–H and O–H groups in total. The lowest BCUT2D eigenvalue weighted by atomic mass is 9.98. The first-order valence-corrected chi connectivity index (χ1v) is 13.2. The van der Waals surface area contributed by atoms with Gasteiger partial charge < -0.3 is 10.4 Å². The van der Waals surface area contributed by atoms with Crippen molar-refractivity contribution in [1.29, 1.82) is 0 Å². The Morgan fingerprint density at radius 2 is 0.795 bits per heavy atom. The van der Waals surface area contributed by atoms with Gasteiger partial charge in [-0.05, 0) is 70.8 Å². The molecule has 0 saturated carbocycles. The summed E-state index contributed by atoms with van der Waals surface area (Å²) in [6.07, 6.45) is 0. The molecule has 3 heteroatoms. The predicted octanol–water partition coefficient (Wildman–Crippen LogP) is 8.94. The average molecular weight is 500 g/mol. The van der Waals surface area contributed by atoms with Crippen molar-refractivity contribution in [2.75, 3.05) is 5.84 Å². The number of aromatic nitrogens is 2. The number of hydrogen-bond acceptors (Lipinski definition) is 1. The lowest BCUT2D eigenvalue weighted by molar-refractivity contribution is 1.12. The standard InChI is InChI=1S/C36H25N3/c37-39-35-13-7-5-11-30(35)32-23-27(19-21-36(32)39)25-16-14-24(15-17-25)26-18-20-34-31(22-26)29-10-4-6-12-33(29)38(34)28-8-2-1-3-9-28/h1-23H,37H2. The summed E-state index contributed by atoms with van der Waals surface area (Å²) in [5.41, 5.74) is 10.5. The third-order valence-corrected chi connectivity index (χ3v) is 7.95. The van der Waals surface area contributed by atoms with E-state index in [9.17, 15) is 0 Å². The van der Waals surface area contributed by atoms with Crippen LogP contribution in [0.25, 0.3) is 71.6 Å². The van der Waals surface area contributed by atoms with Crippen molar-refractivity contribution >= 4 is 43.6 Å². The molecule has 0 saturated heterocycles. The molecule has 0 radical (unpaired) electrons. The summed E-state index contributed by atoms with van der Waals surface area (Å²) in [6, 6.07) is 49.8. The summed E-state index contributed by atoms with van der Waals surface area (Å²) in [6.45, 7) is 0. The van der Waals surface area contributed by atoms with Crippen molar-refractivity contribution in [1.82, 2.24) is 9.24 Å². The van der Waals surface area contributed by atoms with Crippen molar-refractivity contribution in [3.63, 3.8) is 0 Å². The van der Waals surface area contributed by atoms with E-state index in [1.54, 1.807) is 4.68 Å². The second-order valence-corrected chi connectivity index (χ2v) is 10.1. The van der Waals surface area contributed by atoms with E-state index in [1.807, 2.05) is 6.07 Å². The Hall–Kier alpha value is -5.28. The van der Waals surface area contributed by atoms with E-state index in [1.165, 1.54) is 60.5 Å². The van der Waals surface area contributed by atoms with Crippen molar-refractivity contribution in [2.24, 2.45) is 0 Å². The van der Waals surface area contributed by atoms with Crippen LogP contribution in [0.15, 0.2) is 140 Å². The Morgan fingerprint density at radius 3 is 1.46 bits per heavy atom. The molecule has 184 valence electrons. The van der Waals surface area contributed by atoms with Crippen molar-refractivity contribution < 1.29 is 0 Å². The van der Waals surface area contributed by atoms with Gasteiger partial charge in [0.15, 0.2) is 0 Å². The molecule has 2 aromatic heterocycles. The minimum atomic E-state index is 1.04. The quantitative estimate of drug-likeness (QED) is 0.242. The van der Waals surface area contributed by atoms with Crippen LogP contribution in [0.4, 0.5) is 0 Å². The molecule has 0 aliphatic heterocycles. The lowest BCUT2D eigenvalue weighted by Gasteiger charge is -2.09. The third-order valence-electron chi connectivity index (χ3n) is 7.95. The molecule has 0 aliphatic carbocycles. The number of benzene rings is 6. The van der Waals surface area contributed by atoms with Crippen LogP contribution in [-0.4, -0.2) is 9.24 Å². The average Bonchev–Trinajstić information content (AvgIpc) is 3.49. The van der Waals surface area contributed by atoms with Crippen molar-refractivity contribution in [3.8, 4) is 27.9 Å². The van der Waals surface area contributed by atoms with E-state index in [-0.39, 0.29) is 0 Å². The zero-order valence-electron chi connectivity index (χ0n) is 21.3. The summed E-state index contributed by atoms with van der Waals surface area (Å²) in [4.78, 5) is 0. The molecule has 0 aliphatic rings. The largest absolute Gasteiger partial charge is 0.339 e. The van der Waals surface area contributed by atoms with Crippen LogP contribution in [0.2, 0.25) is 0 Å². The van der Waals surface area contributed by atoms with Gasteiger partial charge in [-0.1, -0.05) is 91.0 Å². The number of nitrogens with zero attached hydrogens (tertiary/aromatic N) is 2. The van der Waals surface area contributed by atoms with Gasteiger partial charge in [-0.3, -0.25) is 4.68 Å². The monoisotopic (exact) mass is 499 g/mol. The maximum Gasteiger partial charge on any atom is 0.0704 e. The second kappa shape index (κ2) is 8.37. The summed E-state index contributed by atoms with van der Waals surface area (Å²) in [5, 5.41) is 4.88. The van der Waals surface area contributed by atoms with Crippen LogP contribution >= 0.6 is 0 Å². The normalized spacial score (nSPS) is 11.7. The number of para-hydroxylation sites is 3. The summed E-state index contributed by atoms with van der Waals surface area (Å²) in [7, 11) is 0. The molecule has 2 heterocycles. The Balaban J connectivity index is 1.22. The van der Waals surface area contributed by atoms with Crippen LogP contribution in [0, 0.1) is 0 Å². The van der Waals surface area contributed by atoms with Gasteiger partial charge in [0.25, 0.3) is 0 Å². The van der Waals surface area contributed by atoms with Gasteiger partial charge >= 0.3 is 0 Å². The van der Waals surface area contributed by atoms with E-state index >= 15 is 0 Å². The zero-order valence-corrected chi connectivity index (χ0v) is 21.3. The first kappa shape index (κ1) is 21.8. The minimum absolute atomic E-state index is 1.04. The molecule has 0 bridgehead atoms. The first-order valence-electron chi connectivity index (χ1n) is 13.2. The SMILES string of the molecule is Nn1c2ccccc2c2cc(-c3ccc(-c4ccc5c(c4)c4ccccc4n5-c4ccccc4)cc3)ccc21. The molecule has 39 heavy (non-hydrogen) atoms. The van der Waals surface area contributed by atoms with Gasteiger partial charge in [0, 0.05) is 27.2 Å². The Bertz CT molecular complexity index is 2160. The number of rotatable bonds is 3. The third kappa shape index (κ3) is 3.30. The lowest BCUT2D eigenvalue weighted by Crippen LogP contribution is -2.06. The smallest absolute Gasteiger partial charge is 0.0704 e. The van der Waals surface area contributed by atoms with Gasteiger partial charge in [0.05, 0.1) is 22.1 Å². The highest BCUT2D eigenvalue weighted by Crippen LogP contribution is 2.36. The zero-order chi connectivity index (χ0) is 25.9. The highest BCUT2D eigenvalue weighted by Gasteiger charge is 2.13. The van der Waals surface area contributed by atoms with Gasteiger partial charge in [0.1, 0.15) is 0 Å². The molecule has 3 nitrogen and oxygen atoms in total. The summed E-state index contributed by atoms with van der Waals surface area (Å²) >= 11 is 0. The fourth-order valence-electron chi connectivity index (χ4n) is 6.05. The van der Waals surface area contributed by atoms with E-state index in [2.05, 4.69) is 138 Å². The van der Waals surface area contributed by atoms with E-state index in [0.717, 1.165) is 11.0 Å². The Morgan fingerprint density at radius 1 is 0.359 bits per heavy atom. The predicted molar refractivity (Wildman–Crippen MR) is 165 cm³/mol. The molecule has 8 aromatic rings. The molecule has 6 aromatic carbocycles. The molecular weight excluding hydrogens is 474 g/mol. The fourth-order valence-corrected chi connectivity index (χ4v) is 6.05. The van der Waals surface area contributed by atoms with Gasteiger partial charge in [-0.15, -0.1) is 0 Å². The molecule has 8 rings (SSSR count). The second-order valence-electron chi connectivity index (χ2n) is 10.1. The molecule has 0 spiro atoms. The molecule has 0 atom stereocenters. The first-order chi connectivity index (χ1) is 19.3. The fraction of sp³-hybridized carbons (Fsp3) is 0. The highest BCUT2D eigenvalue weighted by atomic mass is 15.3. The van der Waals surface area contributed by atoms with Crippen LogP contribution in [0.1, 0.15) is 0 Å². The topological polar surface area (TPSA) is 35.9 Å². The number of nitrogens with two attached hydrogens (primary N) is 1. The summed E-state index contributed by atoms with van der Waals surface area (Å²) < 4.78 is 4.13. The maximum atomic E-state index is 6.37. The van der Waals surface area contributed by atoms with Gasteiger partial charge in [-0.2, -0.15) is 0 Å². The number of nitrogen functional groups attached to an aromatic ring is 1. The highest BCUT2D eigenvalue weighted by molar-refractivity contribution is 6.11. The molecule has 0 amide bonds. The van der Waals surface area contributed by atoms with Crippen molar-refractivity contribution in [3.05, 3.63) is 140 Å². The molecule has 0 fully saturated rings. The molecular formula is C36H25N3. The number of hydrogen-bond donors (Lipinski definition) is 1. The summed E-state index contributed by atoms with van der Waals surface area (Å²) in [5.74, 6) is 6.37. The van der Waals surface area contributed by atoms with Crippen LogP contribution in [0.3, 0.4) is 0 Å². The Labute approximate surface area is 225 Å². The Kier molecular flexibility index (Phi) is 4.67. The number of fused-ring (bicyclic) bond motifs is 6. The van der Waals surface area contributed by atoms with E-state index in [0.29, 0.717) is 0 Å².